The highest BCUT2D eigenvalue weighted by Gasteiger charge is 2.38. The number of benzene rings is 6. The average molecular weight is 1440 g/mol. The van der Waals surface area contributed by atoms with Crippen molar-refractivity contribution in [1.29, 1.82) is 0 Å². The van der Waals surface area contributed by atoms with Gasteiger partial charge in [-0.3, -0.25) is 0 Å². The highest BCUT2D eigenvalue weighted by Crippen LogP contribution is 2.50. The lowest BCUT2D eigenvalue weighted by Crippen LogP contribution is -2.34. The zero-order valence-electron chi connectivity index (χ0n) is 68.1. The van der Waals surface area contributed by atoms with Crippen LogP contribution in [0.2, 0.25) is 0 Å². The van der Waals surface area contributed by atoms with E-state index in [9.17, 15) is 0 Å². The summed E-state index contributed by atoms with van der Waals surface area (Å²) >= 11 is 0. The van der Waals surface area contributed by atoms with Gasteiger partial charge in [-0.15, -0.1) is 0 Å². The molecule has 0 radical (unpaired) electrons. The smallest absolute Gasteiger partial charge is 0.00231 e. The van der Waals surface area contributed by atoms with Crippen LogP contribution in [-0.4, -0.2) is 0 Å². The maximum atomic E-state index is 2.50. The van der Waals surface area contributed by atoms with Crippen LogP contribution in [0.5, 0.6) is 0 Å². The lowest BCUT2D eigenvalue weighted by atomic mass is 9.60. The summed E-state index contributed by atoms with van der Waals surface area (Å²) in [4.78, 5) is 0. The molecule has 0 saturated heterocycles. The third-order valence-corrected chi connectivity index (χ3v) is 23.9. The highest BCUT2D eigenvalue weighted by molar-refractivity contribution is 5.34. The molecule has 0 aromatic heterocycles. The lowest BCUT2D eigenvalue weighted by molar-refractivity contribution is 0.0581. The molecule has 0 spiro atoms. The SMILES string of the molecule is C.C.C.C.C.C.C.CC1CCC(CC2CCC(C)CC2)CC1.CC1CCC(CC2CCCC[C@@H]2C)CC1.CCC1(C)C[C@H](C)CC(C)(C)C1.CCCCCCCC.Cc1ccc(C)c(C)c1.Cc1ccc(Cc2ccc(C)cc2)cc1.Cc1ccc(Cc2ccccc2C)cc1.Cc1cccc(C)c1C. The molecule has 0 N–H and O–H groups in total. The summed E-state index contributed by atoms with van der Waals surface area (Å²) in [5, 5.41) is 0. The molecule has 5 aliphatic carbocycles. The first-order valence-corrected chi connectivity index (χ1v) is 41.0. The van der Waals surface area contributed by atoms with Crippen LogP contribution in [-0.2, 0) is 12.8 Å². The normalized spacial score (nSPS) is 22.3. The molecule has 6 aromatic rings. The summed E-state index contributed by atoms with van der Waals surface area (Å²) in [7, 11) is 0. The number of rotatable bonds is 14. The third kappa shape index (κ3) is 45.2. The Hall–Kier alpha value is -4.68. The second-order valence-corrected chi connectivity index (χ2v) is 34.6. The number of hydrogen-bond acceptors (Lipinski definition) is 0. The van der Waals surface area contributed by atoms with Crippen LogP contribution in [0.1, 0.15) is 386 Å². The van der Waals surface area contributed by atoms with Gasteiger partial charge in [0.1, 0.15) is 0 Å². The van der Waals surface area contributed by atoms with E-state index in [-0.39, 0.29) is 52.0 Å². The van der Waals surface area contributed by atoms with Crippen molar-refractivity contribution in [1.82, 2.24) is 0 Å². The van der Waals surface area contributed by atoms with Crippen molar-refractivity contribution in [2.75, 3.05) is 0 Å². The molecule has 5 aliphatic rings. The fourth-order valence-electron chi connectivity index (χ4n) is 16.8. The monoisotopic (exact) mass is 1440 g/mol. The van der Waals surface area contributed by atoms with Gasteiger partial charge in [-0.1, -0.05) is 432 Å². The summed E-state index contributed by atoms with van der Waals surface area (Å²) in [5.41, 5.74) is 20.4. The molecule has 0 heteroatoms. The fourth-order valence-corrected chi connectivity index (χ4v) is 16.8. The van der Waals surface area contributed by atoms with Crippen LogP contribution in [0, 0.1) is 133 Å². The van der Waals surface area contributed by atoms with E-state index in [2.05, 4.69) is 279 Å². The van der Waals surface area contributed by atoms with Gasteiger partial charge in [0.2, 0.25) is 0 Å². The van der Waals surface area contributed by atoms with Crippen molar-refractivity contribution in [2.45, 2.75) is 390 Å². The van der Waals surface area contributed by atoms with Gasteiger partial charge in [0, 0.05) is 0 Å². The molecule has 0 aliphatic heterocycles. The molecule has 2 unspecified atom stereocenters. The average Bonchev–Trinajstić information content (AvgIpc) is 0.801. The summed E-state index contributed by atoms with van der Waals surface area (Å²) < 4.78 is 0. The predicted octanol–water partition coefficient (Wildman–Crippen LogP) is 35.1. The Morgan fingerprint density at radius 2 is 0.714 bits per heavy atom. The first-order chi connectivity index (χ1) is 46.7. The number of unbranched alkanes of at least 4 members (excludes halogenated alkanes) is 5. The summed E-state index contributed by atoms with van der Waals surface area (Å²) in [5.74, 6) is 9.38. The van der Waals surface area contributed by atoms with Gasteiger partial charge in [-0.05, 0) is 234 Å². The van der Waals surface area contributed by atoms with E-state index in [1.165, 1.54) is 245 Å². The number of aryl methyl sites for hydroxylation is 9. The molecule has 0 bridgehead atoms. The molecule has 0 amide bonds. The third-order valence-electron chi connectivity index (χ3n) is 23.9. The van der Waals surface area contributed by atoms with Gasteiger partial charge in [0.25, 0.3) is 0 Å². The molecule has 4 atom stereocenters. The van der Waals surface area contributed by atoms with Crippen molar-refractivity contribution >= 4 is 0 Å². The number of hydrogen-bond donors (Lipinski definition) is 0. The zero-order chi connectivity index (χ0) is 72.0. The van der Waals surface area contributed by atoms with Crippen LogP contribution >= 0.6 is 0 Å². The first-order valence-electron chi connectivity index (χ1n) is 41.0. The Labute approximate surface area is 661 Å². The van der Waals surface area contributed by atoms with Gasteiger partial charge >= 0.3 is 0 Å². The first kappa shape index (κ1) is 107. The van der Waals surface area contributed by atoms with Crippen molar-refractivity contribution in [3.63, 3.8) is 0 Å². The van der Waals surface area contributed by atoms with Gasteiger partial charge < -0.3 is 0 Å². The van der Waals surface area contributed by atoms with E-state index in [4.69, 9.17) is 0 Å². The molecule has 6 aromatic carbocycles. The molecule has 0 heterocycles. The molecule has 0 nitrogen and oxygen atoms in total. The van der Waals surface area contributed by atoms with Gasteiger partial charge in [-0.25, -0.2) is 0 Å². The van der Waals surface area contributed by atoms with E-state index < -0.39 is 0 Å². The Balaban J connectivity index is -0.000000555. The van der Waals surface area contributed by atoms with Gasteiger partial charge in [0.15, 0.2) is 0 Å². The minimum absolute atomic E-state index is 0. The van der Waals surface area contributed by atoms with Gasteiger partial charge in [-0.2, -0.15) is 0 Å². The largest absolute Gasteiger partial charge is 0.0776 e. The Kier molecular flexibility index (Phi) is 59.2. The molecule has 5 saturated carbocycles. The molecular weight excluding hydrogens is 1260 g/mol. The molecule has 105 heavy (non-hydrogen) atoms. The molecular formula is C105H182. The van der Waals surface area contributed by atoms with Crippen LogP contribution < -0.4 is 0 Å². The maximum Gasteiger partial charge on any atom is -0.00231 e. The lowest BCUT2D eigenvalue weighted by Gasteiger charge is -2.45. The minimum Gasteiger partial charge on any atom is -0.0776 e. The van der Waals surface area contributed by atoms with Crippen LogP contribution in [0.25, 0.3) is 0 Å². The highest BCUT2D eigenvalue weighted by atomic mass is 14.4. The van der Waals surface area contributed by atoms with Crippen molar-refractivity contribution in [3.8, 4) is 0 Å². The van der Waals surface area contributed by atoms with E-state index in [1.807, 2.05) is 0 Å². The Bertz CT molecular complexity index is 2890. The Morgan fingerprint density at radius 1 is 0.333 bits per heavy atom. The summed E-state index contributed by atoms with van der Waals surface area (Å²) in [6, 6.07) is 47.7. The van der Waals surface area contributed by atoms with E-state index in [0.29, 0.717) is 10.8 Å². The Morgan fingerprint density at radius 3 is 1.08 bits per heavy atom. The van der Waals surface area contributed by atoms with Crippen LogP contribution in [0.3, 0.4) is 0 Å². The van der Waals surface area contributed by atoms with E-state index in [0.717, 1.165) is 66.1 Å². The van der Waals surface area contributed by atoms with Crippen molar-refractivity contribution in [3.05, 3.63) is 211 Å². The molecule has 602 valence electrons. The minimum atomic E-state index is 0. The fraction of sp³-hybridized carbons (Fsp3) is 0.657. The van der Waals surface area contributed by atoms with E-state index >= 15 is 0 Å². The second kappa shape index (κ2) is 58.3. The second-order valence-electron chi connectivity index (χ2n) is 34.6. The summed E-state index contributed by atoms with van der Waals surface area (Å²) in [6.45, 7) is 47.7. The van der Waals surface area contributed by atoms with Gasteiger partial charge in [0.05, 0.1) is 0 Å². The van der Waals surface area contributed by atoms with E-state index in [1.54, 1.807) is 12.8 Å². The van der Waals surface area contributed by atoms with Crippen molar-refractivity contribution < 1.29 is 0 Å². The van der Waals surface area contributed by atoms with Crippen LogP contribution in [0.4, 0.5) is 0 Å². The van der Waals surface area contributed by atoms with Crippen LogP contribution in [0.15, 0.2) is 133 Å². The molecule has 5 fully saturated rings. The zero-order valence-corrected chi connectivity index (χ0v) is 68.1. The van der Waals surface area contributed by atoms with Crippen molar-refractivity contribution in [2.24, 2.45) is 64.1 Å². The predicted molar refractivity (Wildman–Crippen MR) is 487 cm³/mol. The summed E-state index contributed by atoms with van der Waals surface area (Å²) in [6.07, 6.45) is 43.6. The molecule has 11 rings (SSSR count). The standard InChI is InChI=1S/C15H28.C15H16.C15H28.C15H16.C12H24.2C9H12.C8H18.7CH4/c2*1-12-3-7-14(8-4-12)11-15-9-5-13(2)6-10-15;2*1-12-7-9-14(10-8-12)11-15-6-4-3-5-13(15)2;1-6-12(5)8-10(2)7-11(3,4)9-12;1-7-4-5-8(2)9(3)6-7;1-7-5-4-6-8(2)9(7)3;1-3-5-7-8-6-4-2;;;;;;;/h12-15H,3-11H2,1-2H3;3-10H,11H2,1-2H3;12-15H,3-11H2,1-2H3;3-10H,11H2,1-2H3;10H,6-9H2,1-5H3;2*4-6H,1-3H3;3-8H2,1-2H3;7*1H4/t;;12?,13-,14?,15?;;10-,12?;;;;;;;;;;/m..0.1........../s1. The maximum absolute atomic E-state index is 2.50. The quantitative estimate of drug-likeness (QED) is 0.0954. The topological polar surface area (TPSA) is 0 Å².